The average Bonchev–Trinajstić information content (AvgIpc) is 2.77. The lowest BCUT2D eigenvalue weighted by molar-refractivity contribution is 0.119. The van der Waals surface area contributed by atoms with Crippen molar-refractivity contribution in [3.63, 3.8) is 0 Å². The molecule has 4 heteroatoms. The van der Waals surface area contributed by atoms with Crippen molar-refractivity contribution in [3.8, 4) is 0 Å². The molecule has 0 bridgehead atoms. The van der Waals surface area contributed by atoms with E-state index in [-0.39, 0.29) is 11.9 Å². The fraction of sp³-hybridized carbons (Fsp3) is 0.375. The molecule has 1 N–H and O–H groups in total. The maximum absolute atomic E-state index is 12.9. The Morgan fingerprint density at radius 1 is 1.15 bits per heavy atom. The molecule has 1 aromatic carbocycles. The number of nitrogens with zero attached hydrogens (tertiary/aromatic N) is 1. The lowest BCUT2D eigenvalue weighted by Gasteiger charge is -2.23. The number of halogens is 1. The molecule has 1 atom stereocenters. The molecular formula is C16H20FNOS. The Morgan fingerprint density at radius 2 is 1.85 bits per heavy atom. The van der Waals surface area contributed by atoms with Gasteiger partial charge in [-0.25, -0.2) is 4.39 Å². The summed E-state index contributed by atoms with van der Waals surface area (Å²) in [5.74, 6) is -0.218. The number of thiophene rings is 1. The molecule has 0 aliphatic heterocycles. The second kappa shape index (κ2) is 6.97. The zero-order valence-corrected chi connectivity index (χ0v) is 12.7. The van der Waals surface area contributed by atoms with Gasteiger partial charge in [0.05, 0.1) is 6.10 Å². The molecular weight excluding hydrogens is 273 g/mol. The van der Waals surface area contributed by atoms with Gasteiger partial charge in [-0.1, -0.05) is 12.1 Å². The first-order valence-corrected chi connectivity index (χ1v) is 7.55. The smallest absolute Gasteiger partial charge is 0.123 e. The van der Waals surface area contributed by atoms with Gasteiger partial charge in [0.2, 0.25) is 0 Å². The first-order chi connectivity index (χ1) is 9.52. The zero-order chi connectivity index (χ0) is 14.5. The van der Waals surface area contributed by atoms with Gasteiger partial charge in [0, 0.05) is 29.4 Å². The van der Waals surface area contributed by atoms with Crippen molar-refractivity contribution in [3.05, 3.63) is 57.5 Å². The molecule has 2 aromatic rings. The van der Waals surface area contributed by atoms with Crippen LogP contribution in [0.4, 0.5) is 4.39 Å². The summed E-state index contributed by atoms with van der Waals surface area (Å²) in [7, 11) is 0. The number of aliphatic hydroxyl groups excluding tert-OH is 1. The van der Waals surface area contributed by atoms with E-state index in [0.29, 0.717) is 13.1 Å². The Balaban J connectivity index is 2.04. The van der Waals surface area contributed by atoms with Crippen LogP contribution in [0.3, 0.4) is 0 Å². The summed E-state index contributed by atoms with van der Waals surface area (Å²) in [6, 6.07) is 10.8. The van der Waals surface area contributed by atoms with Crippen LogP contribution in [0.15, 0.2) is 36.4 Å². The predicted octanol–water partition coefficient (Wildman–Crippen LogP) is 3.58. The lowest BCUT2D eigenvalue weighted by Crippen LogP contribution is -2.30. The van der Waals surface area contributed by atoms with Crippen LogP contribution in [0, 0.1) is 12.7 Å². The van der Waals surface area contributed by atoms with E-state index in [1.54, 1.807) is 30.4 Å². The molecule has 0 aliphatic carbocycles. The molecule has 0 spiro atoms. The fourth-order valence-electron chi connectivity index (χ4n) is 2.20. The number of hydrogen-bond donors (Lipinski definition) is 1. The number of aryl methyl sites for hydroxylation is 1. The Labute approximate surface area is 123 Å². The highest BCUT2D eigenvalue weighted by molar-refractivity contribution is 7.11. The van der Waals surface area contributed by atoms with Crippen molar-refractivity contribution in [1.82, 2.24) is 4.90 Å². The second-order valence-electron chi connectivity index (χ2n) is 5.16. The second-order valence-corrected chi connectivity index (χ2v) is 6.53. The van der Waals surface area contributed by atoms with Gasteiger partial charge in [-0.05, 0) is 43.7 Å². The van der Waals surface area contributed by atoms with E-state index in [1.165, 1.54) is 21.9 Å². The van der Waals surface area contributed by atoms with Crippen LogP contribution in [-0.4, -0.2) is 22.7 Å². The van der Waals surface area contributed by atoms with E-state index in [1.807, 2.05) is 0 Å². The van der Waals surface area contributed by atoms with Crippen LogP contribution in [0.25, 0.3) is 0 Å². The SMILES string of the molecule is Cc1ccc(CN(Cc2ccc(F)cc2)CC(C)O)s1. The van der Waals surface area contributed by atoms with Crippen molar-refractivity contribution in [2.45, 2.75) is 33.0 Å². The Hall–Kier alpha value is -1.23. The standard InChI is InChI=1S/C16H20FNOS/c1-12(19)9-18(11-16-8-3-13(2)20-16)10-14-4-6-15(17)7-5-14/h3-8,12,19H,9-11H2,1-2H3. The topological polar surface area (TPSA) is 23.5 Å². The largest absolute Gasteiger partial charge is 0.392 e. The molecule has 0 amide bonds. The van der Waals surface area contributed by atoms with Gasteiger partial charge in [-0.3, -0.25) is 4.90 Å². The zero-order valence-electron chi connectivity index (χ0n) is 11.8. The van der Waals surface area contributed by atoms with Crippen LogP contribution in [0.2, 0.25) is 0 Å². The molecule has 2 rings (SSSR count). The summed E-state index contributed by atoms with van der Waals surface area (Å²) in [6.45, 7) is 6.00. The van der Waals surface area contributed by atoms with Crippen LogP contribution in [0.1, 0.15) is 22.2 Å². The third kappa shape index (κ3) is 4.71. The van der Waals surface area contributed by atoms with E-state index >= 15 is 0 Å². The van der Waals surface area contributed by atoms with Gasteiger partial charge in [0.1, 0.15) is 5.82 Å². The number of benzene rings is 1. The molecule has 0 saturated heterocycles. The lowest BCUT2D eigenvalue weighted by atomic mass is 10.2. The molecule has 0 saturated carbocycles. The minimum Gasteiger partial charge on any atom is -0.392 e. The maximum Gasteiger partial charge on any atom is 0.123 e. The molecule has 1 aromatic heterocycles. The minimum absolute atomic E-state index is 0.218. The predicted molar refractivity (Wildman–Crippen MR) is 81.3 cm³/mol. The van der Waals surface area contributed by atoms with E-state index in [9.17, 15) is 9.50 Å². The van der Waals surface area contributed by atoms with Gasteiger partial charge < -0.3 is 5.11 Å². The third-order valence-electron chi connectivity index (χ3n) is 3.02. The summed E-state index contributed by atoms with van der Waals surface area (Å²) in [5.41, 5.74) is 1.06. The normalized spacial score (nSPS) is 12.8. The van der Waals surface area contributed by atoms with Gasteiger partial charge in [-0.15, -0.1) is 11.3 Å². The maximum atomic E-state index is 12.9. The van der Waals surface area contributed by atoms with Crippen molar-refractivity contribution < 1.29 is 9.50 Å². The van der Waals surface area contributed by atoms with Crippen LogP contribution in [-0.2, 0) is 13.1 Å². The summed E-state index contributed by atoms with van der Waals surface area (Å²) >= 11 is 1.77. The van der Waals surface area contributed by atoms with E-state index in [0.717, 1.165) is 12.1 Å². The van der Waals surface area contributed by atoms with E-state index < -0.39 is 0 Å². The van der Waals surface area contributed by atoms with Gasteiger partial charge in [0.15, 0.2) is 0 Å². The summed E-state index contributed by atoms with van der Waals surface area (Å²) in [6.07, 6.45) is -0.378. The number of aliphatic hydroxyl groups is 1. The molecule has 1 unspecified atom stereocenters. The molecule has 20 heavy (non-hydrogen) atoms. The fourth-order valence-corrected chi connectivity index (χ4v) is 3.13. The first kappa shape index (κ1) is 15.2. The molecule has 108 valence electrons. The highest BCUT2D eigenvalue weighted by Gasteiger charge is 2.11. The highest BCUT2D eigenvalue weighted by atomic mass is 32.1. The van der Waals surface area contributed by atoms with E-state index in [2.05, 4.69) is 24.0 Å². The van der Waals surface area contributed by atoms with Crippen molar-refractivity contribution in [2.75, 3.05) is 6.54 Å². The molecule has 0 aliphatic rings. The first-order valence-electron chi connectivity index (χ1n) is 6.73. The van der Waals surface area contributed by atoms with Crippen molar-refractivity contribution >= 4 is 11.3 Å². The minimum atomic E-state index is -0.378. The number of hydrogen-bond acceptors (Lipinski definition) is 3. The Morgan fingerprint density at radius 3 is 2.40 bits per heavy atom. The molecule has 2 nitrogen and oxygen atoms in total. The van der Waals surface area contributed by atoms with Crippen LogP contribution >= 0.6 is 11.3 Å². The Bertz CT molecular complexity index is 536. The third-order valence-corrected chi connectivity index (χ3v) is 4.00. The van der Waals surface area contributed by atoms with Crippen LogP contribution in [0.5, 0.6) is 0 Å². The highest BCUT2D eigenvalue weighted by Crippen LogP contribution is 2.18. The van der Waals surface area contributed by atoms with Gasteiger partial charge >= 0.3 is 0 Å². The van der Waals surface area contributed by atoms with Crippen molar-refractivity contribution in [2.24, 2.45) is 0 Å². The monoisotopic (exact) mass is 293 g/mol. The van der Waals surface area contributed by atoms with Gasteiger partial charge in [0.25, 0.3) is 0 Å². The summed E-state index contributed by atoms with van der Waals surface area (Å²) < 4.78 is 12.9. The quantitative estimate of drug-likeness (QED) is 0.880. The van der Waals surface area contributed by atoms with E-state index in [4.69, 9.17) is 0 Å². The summed E-state index contributed by atoms with van der Waals surface area (Å²) in [4.78, 5) is 4.76. The Kier molecular flexibility index (Phi) is 5.29. The number of rotatable bonds is 6. The molecule has 0 fully saturated rings. The summed E-state index contributed by atoms with van der Waals surface area (Å²) in [5, 5.41) is 9.63. The molecule has 1 heterocycles. The van der Waals surface area contributed by atoms with Gasteiger partial charge in [-0.2, -0.15) is 0 Å². The molecule has 0 radical (unpaired) electrons. The van der Waals surface area contributed by atoms with Crippen LogP contribution < -0.4 is 0 Å². The average molecular weight is 293 g/mol. The van der Waals surface area contributed by atoms with Crippen molar-refractivity contribution in [1.29, 1.82) is 0 Å².